The highest BCUT2D eigenvalue weighted by atomic mass is 15.2. The van der Waals surface area contributed by atoms with E-state index in [9.17, 15) is 0 Å². The summed E-state index contributed by atoms with van der Waals surface area (Å²) in [5.74, 6) is 1.98. The van der Waals surface area contributed by atoms with E-state index in [4.69, 9.17) is 4.99 Å². The van der Waals surface area contributed by atoms with Crippen molar-refractivity contribution in [2.45, 2.75) is 52.1 Å². The molecule has 1 aliphatic heterocycles. The van der Waals surface area contributed by atoms with Crippen LogP contribution in [-0.4, -0.2) is 27.6 Å². The number of anilines is 1. The topological polar surface area (TPSA) is 65.1 Å². The van der Waals surface area contributed by atoms with Gasteiger partial charge in [0.25, 0.3) is 0 Å². The summed E-state index contributed by atoms with van der Waals surface area (Å²) in [6.45, 7) is 8.68. The fraction of sp³-hybridized carbons (Fsp3) is 0.364. The van der Waals surface area contributed by atoms with Crippen LogP contribution in [0.4, 0.5) is 11.5 Å². The molecule has 2 aromatic carbocycles. The maximum atomic E-state index is 4.73. The summed E-state index contributed by atoms with van der Waals surface area (Å²) >= 11 is 0. The monoisotopic (exact) mass is 361 g/mol. The molecule has 5 nitrogen and oxygen atoms in total. The first kappa shape index (κ1) is 17.6. The van der Waals surface area contributed by atoms with Gasteiger partial charge < -0.3 is 10.6 Å². The number of para-hydroxylation sites is 1. The van der Waals surface area contributed by atoms with Crippen molar-refractivity contribution in [2.24, 2.45) is 4.99 Å². The van der Waals surface area contributed by atoms with Gasteiger partial charge in [0.2, 0.25) is 0 Å². The van der Waals surface area contributed by atoms with Gasteiger partial charge in [-0.15, -0.1) is 0 Å². The molecule has 1 atom stereocenters. The van der Waals surface area contributed by atoms with Gasteiger partial charge in [0, 0.05) is 23.4 Å². The molecule has 1 unspecified atom stereocenters. The van der Waals surface area contributed by atoms with Crippen molar-refractivity contribution in [3.05, 3.63) is 53.6 Å². The van der Waals surface area contributed by atoms with Crippen LogP contribution < -0.4 is 10.6 Å². The lowest BCUT2D eigenvalue weighted by Gasteiger charge is -2.21. The molecular weight excluding hydrogens is 334 g/mol. The molecule has 1 aliphatic rings. The molecule has 1 aromatic heterocycles. The van der Waals surface area contributed by atoms with E-state index in [1.807, 2.05) is 18.2 Å². The minimum atomic E-state index is 0.0362. The summed E-state index contributed by atoms with van der Waals surface area (Å²) in [5.41, 5.74) is 4.80. The fourth-order valence-corrected chi connectivity index (χ4v) is 3.60. The molecule has 27 heavy (non-hydrogen) atoms. The van der Waals surface area contributed by atoms with Crippen LogP contribution in [0.3, 0.4) is 0 Å². The second-order valence-corrected chi connectivity index (χ2v) is 8.44. The Morgan fingerprint density at radius 1 is 1.15 bits per heavy atom. The molecule has 0 aliphatic carbocycles. The number of hydrogen-bond acceptors (Lipinski definition) is 4. The minimum Gasteiger partial charge on any atom is -0.369 e. The Balaban J connectivity index is 1.42. The zero-order chi connectivity index (χ0) is 19.0. The first-order valence-corrected chi connectivity index (χ1v) is 9.54. The third-order valence-corrected chi connectivity index (χ3v) is 4.67. The summed E-state index contributed by atoms with van der Waals surface area (Å²) in [7, 11) is 0. The molecule has 5 heteroatoms. The van der Waals surface area contributed by atoms with E-state index in [0.29, 0.717) is 0 Å². The molecule has 0 saturated heterocycles. The Hall–Kier alpha value is -2.82. The molecule has 3 aromatic rings. The van der Waals surface area contributed by atoms with Crippen molar-refractivity contribution < 1.29 is 0 Å². The molecule has 0 saturated carbocycles. The first-order valence-electron chi connectivity index (χ1n) is 9.54. The van der Waals surface area contributed by atoms with Crippen molar-refractivity contribution in [1.82, 2.24) is 15.5 Å². The smallest absolute Gasteiger partial charge is 0.155 e. The molecule has 0 amide bonds. The van der Waals surface area contributed by atoms with Crippen molar-refractivity contribution in [3.8, 4) is 0 Å². The maximum Gasteiger partial charge on any atom is 0.155 e. The third kappa shape index (κ3) is 3.97. The average Bonchev–Trinajstić information content (AvgIpc) is 3.16. The summed E-state index contributed by atoms with van der Waals surface area (Å²) < 4.78 is 0. The number of fused-ring (bicyclic) bond motifs is 2. The van der Waals surface area contributed by atoms with Crippen LogP contribution in [-0.2, 0) is 12.8 Å². The van der Waals surface area contributed by atoms with Gasteiger partial charge in [-0.1, -0.05) is 24.3 Å². The van der Waals surface area contributed by atoms with E-state index in [2.05, 4.69) is 72.8 Å². The number of H-pyrrole nitrogens is 1. The Morgan fingerprint density at radius 2 is 1.96 bits per heavy atom. The molecule has 0 fully saturated rings. The molecule has 0 radical (unpaired) electrons. The Bertz CT molecular complexity index is 993. The number of aliphatic imine (C=N–C) groups is 1. The number of rotatable bonds is 4. The highest BCUT2D eigenvalue weighted by molar-refractivity contribution is 5.92. The van der Waals surface area contributed by atoms with Gasteiger partial charge in [0.05, 0.1) is 11.2 Å². The van der Waals surface area contributed by atoms with Crippen LogP contribution in [0.15, 0.2) is 47.5 Å². The lowest BCUT2D eigenvalue weighted by molar-refractivity contribution is 0.509. The normalized spacial score (nSPS) is 14.7. The molecule has 3 N–H and O–H groups in total. The molecule has 140 valence electrons. The Morgan fingerprint density at radius 3 is 2.78 bits per heavy atom. The van der Waals surface area contributed by atoms with Gasteiger partial charge in [-0.25, -0.2) is 4.99 Å². The SMILES string of the molecule is CC(Cc1ccc2c(c1)CC(NC(C)(C)C)=N2)Nc1n[nH]c2ccccc12. The number of nitrogens with one attached hydrogen (secondary N) is 3. The second-order valence-electron chi connectivity index (χ2n) is 8.44. The van der Waals surface area contributed by atoms with Gasteiger partial charge in [-0.3, -0.25) is 5.10 Å². The summed E-state index contributed by atoms with van der Waals surface area (Å²) in [4.78, 5) is 4.73. The predicted octanol–water partition coefficient (Wildman–Crippen LogP) is 4.58. The lowest BCUT2D eigenvalue weighted by atomic mass is 10.0. The third-order valence-electron chi connectivity index (χ3n) is 4.67. The summed E-state index contributed by atoms with van der Waals surface area (Å²) in [6.07, 6.45) is 1.82. The standard InChI is InChI=1S/C22H27N5/c1-14(23-21-17-7-5-6-8-19(17)26-27-21)11-15-9-10-18-16(12-15)13-20(24-18)25-22(2,3)4/h5-10,12,14H,11,13H2,1-4H3,(H,24,25)(H2,23,26,27). The molecule has 0 bridgehead atoms. The number of benzene rings is 2. The Labute approximate surface area is 160 Å². The fourth-order valence-electron chi connectivity index (χ4n) is 3.60. The van der Waals surface area contributed by atoms with E-state index in [1.54, 1.807) is 0 Å². The van der Waals surface area contributed by atoms with Crippen LogP contribution in [0.2, 0.25) is 0 Å². The van der Waals surface area contributed by atoms with Crippen molar-refractivity contribution in [1.29, 1.82) is 0 Å². The molecule has 0 spiro atoms. The van der Waals surface area contributed by atoms with Crippen LogP contribution in [0.1, 0.15) is 38.8 Å². The summed E-state index contributed by atoms with van der Waals surface area (Å²) in [6, 6.07) is 15.1. The first-order chi connectivity index (χ1) is 12.9. The maximum absolute atomic E-state index is 4.73. The van der Waals surface area contributed by atoms with Crippen molar-refractivity contribution in [2.75, 3.05) is 5.32 Å². The van der Waals surface area contributed by atoms with Gasteiger partial charge in [0.15, 0.2) is 5.82 Å². The van der Waals surface area contributed by atoms with E-state index in [1.165, 1.54) is 11.1 Å². The highest BCUT2D eigenvalue weighted by Crippen LogP contribution is 2.28. The van der Waals surface area contributed by atoms with Gasteiger partial charge in [-0.05, 0) is 63.4 Å². The zero-order valence-electron chi connectivity index (χ0n) is 16.4. The number of hydrogen-bond donors (Lipinski definition) is 3. The number of nitrogens with zero attached hydrogens (tertiary/aromatic N) is 2. The van der Waals surface area contributed by atoms with Crippen molar-refractivity contribution >= 4 is 28.2 Å². The zero-order valence-corrected chi connectivity index (χ0v) is 16.4. The summed E-state index contributed by atoms with van der Waals surface area (Å²) in [5, 5.41) is 15.7. The number of aromatic amines is 1. The van der Waals surface area contributed by atoms with Crippen LogP contribution in [0.5, 0.6) is 0 Å². The quantitative estimate of drug-likeness (QED) is 0.637. The lowest BCUT2D eigenvalue weighted by Crippen LogP contribution is -2.40. The van der Waals surface area contributed by atoms with Crippen molar-refractivity contribution in [3.63, 3.8) is 0 Å². The largest absolute Gasteiger partial charge is 0.369 e. The van der Waals surface area contributed by atoms with E-state index in [0.717, 1.165) is 41.1 Å². The Kier molecular flexibility index (Phi) is 4.38. The van der Waals surface area contributed by atoms with Crippen LogP contribution in [0.25, 0.3) is 10.9 Å². The minimum absolute atomic E-state index is 0.0362. The average molecular weight is 361 g/mol. The predicted molar refractivity (Wildman–Crippen MR) is 113 cm³/mol. The molecular formula is C22H27N5. The molecule has 2 heterocycles. The molecule has 4 rings (SSSR count). The van der Waals surface area contributed by atoms with Gasteiger partial charge in [-0.2, -0.15) is 5.10 Å². The van der Waals surface area contributed by atoms with E-state index in [-0.39, 0.29) is 11.6 Å². The number of aromatic nitrogens is 2. The van der Waals surface area contributed by atoms with E-state index < -0.39 is 0 Å². The second kappa shape index (κ2) is 6.72. The number of amidine groups is 1. The highest BCUT2D eigenvalue weighted by Gasteiger charge is 2.19. The van der Waals surface area contributed by atoms with Crippen LogP contribution >= 0.6 is 0 Å². The van der Waals surface area contributed by atoms with Crippen LogP contribution in [0, 0.1) is 0 Å². The van der Waals surface area contributed by atoms with Gasteiger partial charge >= 0.3 is 0 Å². The van der Waals surface area contributed by atoms with Gasteiger partial charge in [0.1, 0.15) is 5.84 Å². The van der Waals surface area contributed by atoms with E-state index >= 15 is 0 Å².